The standard InChI is InChI=1S/C36H27BrFN3O3S/c37-27-15-9-10-24(22-27)23-32(41-34(42)26-13-5-2-6-14-26)35(43)39-28-18-20-29(21-19-28)45-33(25-11-3-1-4-12-25)36(44)40-31-17-8-7-16-30(31)38/h1-23,33H,(H,39,43)(H,40,44)(H,41,42)/b32-23-. The minimum atomic E-state index is -0.667. The van der Waals surface area contributed by atoms with Crippen molar-refractivity contribution in [1.29, 1.82) is 0 Å². The van der Waals surface area contributed by atoms with Crippen molar-refractivity contribution in [3.05, 3.63) is 166 Å². The third kappa shape index (κ3) is 8.78. The van der Waals surface area contributed by atoms with Gasteiger partial charge in [0, 0.05) is 20.6 Å². The number of rotatable bonds is 10. The molecule has 1 atom stereocenters. The molecule has 5 aromatic rings. The first-order valence-corrected chi connectivity index (χ1v) is 15.5. The Hall–Kier alpha value is -4.99. The summed E-state index contributed by atoms with van der Waals surface area (Å²) < 4.78 is 15.1. The van der Waals surface area contributed by atoms with E-state index in [1.807, 2.05) is 54.6 Å². The van der Waals surface area contributed by atoms with Crippen LogP contribution in [0.25, 0.3) is 6.08 Å². The normalized spacial score (nSPS) is 11.7. The number of anilines is 2. The Bertz CT molecular complexity index is 1830. The number of halogens is 2. The van der Waals surface area contributed by atoms with Crippen LogP contribution in [0.15, 0.2) is 149 Å². The lowest BCUT2D eigenvalue weighted by molar-refractivity contribution is -0.116. The Kier molecular flexibility index (Phi) is 10.6. The number of para-hydroxylation sites is 1. The summed E-state index contributed by atoms with van der Waals surface area (Å²) in [4.78, 5) is 40.4. The average molecular weight is 681 g/mol. The van der Waals surface area contributed by atoms with Crippen LogP contribution in [-0.2, 0) is 9.59 Å². The van der Waals surface area contributed by atoms with Gasteiger partial charge in [-0.1, -0.05) is 88.7 Å². The second-order valence-electron chi connectivity index (χ2n) is 9.79. The van der Waals surface area contributed by atoms with Crippen LogP contribution in [0.2, 0.25) is 0 Å². The minimum Gasteiger partial charge on any atom is -0.322 e. The van der Waals surface area contributed by atoms with Crippen LogP contribution in [0.5, 0.6) is 0 Å². The van der Waals surface area contributed by atoms with Crippen LogP contribution in [0.4, 0.5) is 15.8 Å². The Morgan fingerprint density at radius 1 is 0.733 bits per heavy atom. The zero-order valence-electron chi connectivity index (χ0n) is 23.7. The molecule has 0 aliphatic carbocycles. The maximum absolute atomic E-state index is 14.3. The van der Waals surface area contributed by atoms with E-state index in [1.54, 1.807) is 72.8 Å². The van der Waals surface area contributed by atoms with E-state index in [9.17, 15) is 18.8 Å². The number of carbonyl (C=O) groups is 3. The van der Waals surface area contributed by atoms with E-state index in [-0.39, 0.29) is 17.3 Å². The van der Waals surface area contributed by atoms with E-state index >= 15 is 0 Å². The van der Waals surface area contributed by atoms with Gasteiger partial charge in [-0.25, -0.2) is 4.39 Å². The quantitative estimate of drug-likeness (QED) is 0.102. The molecular formula is C36H27BrFN3O3S. The lowest BCUT2D eigenvalue weighted by Crippen LogP contribution is -2.30. The molecule has 5 aromatic carbocycles. The van der Waals surface area contributed by atoms with Crippen molar-refractivity contribution in [2.45, 2.75) is 10.1 Å². The Balaban J connectivity index is 1.33. The topological polar surface area (TPSA) is 87.3 Å². The van der Waals surface area contributed by atoms with Gasteiger partial charge < -0.3 is 16.0 Å². The number of amides is 3. The second kappa shape index (κ2) is 15.1. The van der Waals surface area contributed by atoms with E-state index in [4.69, 9.17) is 0 Å². The molecule has 6 nitrogen and oxygen atoms in total. The predicted molar refractivity (Wildman–Crippen MR) is 181 cm³/mol. The SMILES string of the molecule is O=C(Nc1ccc(SC(C(=O)Nc2ccccc2F)c2ccccc2)cc1)/C(=C/c1cccc(Br)c1)NC(=O)c1ccccc1. The number of thioether (sulfide) groups is 1. The number of benzene rings is 5. The highest BCUT2D eigenvalue weighted by Gasteiger charge is 2.23. The second-order valence-corrected chi connectivity index (χ2v) is 11.9. The highest BCUT2D eigenvalue weighted by Crippen LogP contribution is 2.37. The summed E-state index contributed by atoms with van der Waals surface area (Å²) in [6, 6.07) is 38.2. The molecule has 0 saturated carbocycles. The minimum absolute atomic E-state index is 0.0642. The zero-order chi connectivity index (χ0) is 31.6. The first-order valence-electron chi connectivity index (χ1n) is 13.9. The fourth-order valence-electron chi connectivity index (χ4n) is 4.32. The molecule has 0 aliphatic rings. The fourth-order valence-corrected chi connectivity index (χ4v) is 5.76. The van der Waals surface area contributed by atoms with E-state index in [0.717, 1.165) is 20.5 Å². The molecule has 0 fully saturated rings. The number of hydrogen-bond acceptors (Lipinski definition) is 4. The third-order valence-corrected chi connectivity index (χ3v) is 8.29. The molecule has 0 spiro atoms. The zero-order valence-corrected chi connectivity index (χ0v) is 26.1. The summed E-state index contributed by atoms with van der Waals surface area (Å²) in [6.07, 6.45) is 1.60. The average Bonchev–Trinajstić information content (AvgIpc) is 3.06. The van der Waals surface area contributed by atoms with Gasteiger partial charge in [0.2, 0.25) is 5.91 Å². The molecule has 45 heavy (non-hydrogen) atoms. The largest absolute Gasteiger partial charge is 0.322 e. The fraction of sp³-hybridized carbons (Fsp3) is 0.0278. The molecule has 0 heterocycles. The van der Waals surface area contributed by atoms with Gasteiger partial charge in [0.15, 0.2) is 0 Å². The molecule has 3 N–H and O–H groups in total. The summed E-state index contributed by atoms with van der Waals surface area (Å²) in [6.45, 7) is 0. The lowest BCUT2D eigenvalue weighted by Gasteiger charge is -2.18. The Morgan fingerprint density at radius 2 is 1.40 bits per heavy atom. The number of nitrogens with one attached hydrogen (secondary N) is 3. The van der Waals surface area contributed by atoms with Crippen LogP contribution < -0.4 is 16.0 Å². The summed E-state index contributed by atoms with van der Waals surface area (Å²) in [5.74, 6) is -1.81. The van der Waals surface area contributed by atoms with Crippen LogP contribution in [0, 0.1) is 5.82 Å². The van der Waals surface area contributed by atoms with Crippen molar-refractivity contribution in [3.8, 4) is 0 Å². The van der Waals surface area contributed by atoms with E-state index in [1.165, 1.54) is 23.9 Å². The molecule has 0 radical (unpaired) electrons. The maximum atomic E-state index is 14.3. The molecule has 0 aliphatic heterocycles. The van der Waals surface area contributed by atoms with Gasteiger partial charge in [0.1, 0.15) is 16.8 Å². The van der Waals surface area contributed by atoms with Crippen LogP contribution in [0.3, 0.4) is 0 Å². The van der Waals surface area contributed by atoms with Crippen LogP contribution in [-0.4, -0.2) is 17.7 Å². The van der Waals surface area contributed by atoms with Gasteiger partial charge >= 0.3 is 0 Å². The van der Waals surface area contributed by atoms with Gasteiger partial charge in [-0.15, -0.1) is 11.8 Å². The van der Waals surface area contributed by atoms with Crippen molar-refractivity contribution in [2.24, 2.45) is 0 Å². The third-order valence-electron chi connectivity index (χ3n) is 6.53. The predicted octanol–water partition coefficient (Wildman–Crippen LogP) is 8.47. The van der Waals surface area contributed by atoms with Crippen molar-refractivity contribution in [1.82, 2.24) is 5.32 Å². The molecule has 3 amide bonds. The van der Waals surface area contributed by atoms with Crippen LogP contribution in [0.1, 0.15) is 26.7 Å². The van der Waals surface area contributed by atoms with Crippen LogP contribution >= 0.6 is 27.7 Å². The molecule has 224 valence electrons. The lowest BCUT2D eigenvalue weighted by atomic mass is 10.1. The smallest absolute Gasteiger partial charge is 0.272 e. The number of carbonyl (C=O) groups excluding carboxylic acids is 3. The molecule has 9 heteroatoms. The van der Waals surface area contributed by atoms with Crippen molar-refractivity contribution >= 4 is 62.9 Å². The van der Waals surface area contributed by atoms with Gasteiger partial charge in [-0.05, 0) is 77.9 Å². The molecular weight excluding hydrogens is 653 g/mol. The molecule has 0 aromatic heterocycles. The van der Waals surface area contributed by atoms with Gasteiger partial charge in [-0.3, -0.25) is 14.4 Å². The molecule has 5 rings (SSSR count). The Labute approximate surface area is 272 Å². The Morgan fingerprint density at radius 3 is 2.09 bits per heavy atom. The first-order chi connectivity index (χ1) is 21.9. The van der Waals surface area contributed by atoms with Gasteiger partial charge in [0.25, 0.3) is 11.8 Å². The molecule has 0 bridgehead atoms. The van der Waals surface area contributed by atoms with Gasteiger partial charge in [-0.2, -0.15) is 0 Å². The first kappa shape index (κ1) is 31.4. The van der Waals surface area contributed by atoms with Crippen molar-refractivity contribution < 1.29 is 18.8 Å². The summed E-state index contributed by atoms with van der Waals surface area (Å²) in [5.41, 5.74) is 2.55. The number of hydrogen-bond donors (Lipinski definition) is 3. The van der Waals surface area contributed by atoms with E-state index < -0.39 is 22.9 Å². The highest BCUT2D eigenvalue weighted by atomic mass is 79.9. The van der Waals surface area contributed by atoms with Gasteiger partial charge in [0.05, 0.1) is 5.69 Å². The summed E-state index contributed by atoms with van der Waals surface area (Å²) >= 11 is 4.73. The monoisotopic (exact) mass is 679 g/mol. The van der Waals surface area contributed by atoms with E-state index in [2.05, 4.69) is 31.9 Å². The molecule has 1 unspecified atom stereocenters. The van der Waals surface area contributed by atoms with E-state index in [0.29, 0.717) is 11.3 Å². The van der Waals surface area contributed by atoms with Crippen molar-refractivity contribution in [2.75, 3.05) is 10.6 Å². The van der Waals surface area contributed by atoms with Crippen molar-refractivity contribution in [3.63, 3.8) is 0 Å². The highest BCUT2D eigenvalue weighted by molar-refractivity contribution is 9.10. The maximum Gasteiger partial charge on any atom is 0.272 e. The summed E-state index contributed by atoms with van der Waals surface area (Å²) in [5, 5.41) is 7.60. The molecule has 0 saturated heterocycles. The summed E-state index contributed by atoms with van der Waals surface area (Å²) in [7, 11) is 0.